The highest BCUT2D eigenvalue weighted by molar-refractivity contribution is 7.09. The van der Waals surface area contributed by atoms with Crippen LogP contribution in [0.2, 0.25) is 0 Å². The number of nitrogens with zero attached hydrogens (tertiary/aromatic N) is 3. The number of aryl methyl sites for hydroxylation is 2. The third-order valence-corrected chi connectivity index (χ3v) is 3.56. The summed E-state index contributed by atoms with van der Waals surface area (Å²) in [4.78, 5) is 24.3. The summed E-state index contributed by atoms with van der Waals surface area (Å²) in [5, 5.41) is 5.93. The Balaban J connectivity index is 1.82. The highest BCUT2D eigenvalue weighted by atomic mass is 32.1. The lowest BCUT2D eigenvalue weighted by molar-refractivity contribution is 0.0948. The smallest absolute Gasteiger partial charge is 0.271 e. The minimum atomic E-state index is -0.195. The first kappa shape index (κ1) is 13.6. The molecule has 0 aliphatic rings. The number of thiazole rings is 1. The summed E-state index contributed by atoms with van der Waals surface area (Å²) in [6, 6.07) is 0. The molecule has 5 nitrogen and oxygen atoms in total. The number of hydrogen-bond donors (Lipinski definition) is 1. The van der Waals surface area contributed by atoms with Gasteiger partial charge in [-0.1, -0.05) is 6.92 Å². The predicted octanol–water partition coefficient (Wildman–Crippen LogP) is 1.78. The van der Waals surface area contributed by atoms with Gasteiger partial charge in [-0.15, -0.1) is 11.3 Å². The van der Waals surface area contributed by atoms with Gasteiger partial charge in [0.15, 0.2) is 0 Å². The number of hydrogen-bond acceptors (Lipinski definition) is 5. The van der Waals surface area contributed by atoms with Crippen LogP contribution in [-0.4, -0.2) is 27.4 Å². The van der Waals surface area contributed by atoms with E-state index in [0.717, 1.165) is 29.2 Å². The van der Waals surface area contributed by atoms with E-state index < -0.39 is 0 Å². The molecule has 0 aliphatic carbocycles. The summed E-state index contributed by atoms with van der Waals surface area (Å²) >= 11 is 1.63. The Hall–Kier alpha value is -1.82. The van der Waals surface area contributed by atoms with Crippen molar-refractivity contribution >= 4 is 17.2 Å². The van der Waals surface area contributed by atoms with Gasteiger partial charge in [0.2, 0.25) is 0 Å². The molecule has 2 rings (SSSR count). The number of aromatic nitrogens is 3. The van der Waals surface area contributed by atoms with Crippen LogP contribution in [-0.2, 0) is 12.8 Å². The van der Waals surface area contributed by atoms with Crippen LogP contribution >= 0.6 is 11.3 Å². The van der Waals surface area contributed by atoms with E-state index in [9.17, 15) is 4.79 Å². The molecule has 6 heteroatoms. The van der Waals surface area contributed by atoms with E-state index >= 15 is 0 Å². The average Bonchev–Trinajstić information content (AvgIpc) is 2.87. The SMILES string of the molecule is CCc1csc(CCNC(=O)c2cnc(C)cn2)n1. The van der Waals surface area contributed by atoms with Gasteiger partial charge in [0.25, 0.3) is 5.91 Å². The molecule has 2 heterocycles. The summed E-state index contributed by atoms with van der Waals surface area (Å²) in [6.07, 6.45) is 4.77. The standard InChI is InChI=1S/C13H16N4OS/c1-3-10-8-19-12(17-10)4-5-14-13(18)11-7-15-9(2)6-16-11/h6-8H,3-5H2,1-2H3,(H,14,18). The number of carbonyl (C=O) groups is 1. The Kier molecular flexibility index (Phi) is 4.57. The Morgan fingerprint density at radius 1 is 1.37 bits per heavy atom. The molecule has 1 N–H and O–H groups in total. The van der Waals surface area contributed by atoms with Gasteiger partial charge < -0.3 is 5.32 Å². The molecular weight excluding hydrogens is 260 g/mol. The largest absolute Gasteiger partial charge is 0.350 e. The van der Waals surface area contributed by atoms with Crippen molar-refractivity contribution in [1.82, 2.24) is 20.3 Å². The van der Waals surface area contributed by atoms with Gasteiger partial charge in [0.1, 0.15) is 5.69 Å². The third kappa shape index (κ3) is 3.82. The number of nitrogens with one attached hydrogen (secondary N) is 1. The molecule has 19 heavy (non-hydrogen) atoms. The van der Waals surface area contributed by atoms with Gasteiger partial charge >= 0.3 is 0 Å². The van der Waals surface area contributed by atoms with E-state index in [0.29, 0.717) is 12.2 Å². The highest BCUT2D eigenvalue weighted by Crippen LogP contribution is 2.10. The lowest BCUT2D eigenvalue weighted by Gasteiger charge is -2.03. The number of rotatable bonds is 5. The van der Waals surface area contributed by atoms with Crippen LogP contribution < -0.4 is 5.32 Å². The van der Waals surface area contributed by atoms with Gasteiger partial charge in [-0.25, -0.2) is 9.97 Å². The van der Waals surface area contributed by atoms with Gasteiger partial charge in [0.05, 0.1) is 22.6 Å². The van der Waals surface area contributed by atoms with Gasteiger partial charge in [-0.3, -0.25) is 9.78 Å². The molecule has 0 saturated heterocycles. The van der Waals surface area contributed by atoms with Crippen molar-refractivity contribution in [2.45, 2.75) is 26.7 Å². The maximum atomic E-state index is 11.8. The Labute approximate surface area is 116 Å². The van der Waals surface area contributed by atoms with E-state index in [2.05, 4.69) is 32.6 Å². The number of carbonyl (C=O) groups excluding carboxylic acids is 1. The molecule has 0 aliphatic heterocycles. The lowest BCUT2D eigenvalue weighted by atomic mass is 10.3. The minimum Gasteiger partial charge on any atom is -0.350 e. The van der Waals surface area contributed by atoms with Crippen molar-refractivity contribution < 1.29 is 4.79 Å². The molecule has 0 fully saturated rings. The van der Waals surface area contributed by atoms with E-state index in [-0.39, 0.29) is 5.91 Å². The van der Waals surface area contributed by atoms with Crippen molar-refractivity contribution in [2.75, 3.05) is 6.54 Å². The second kappa shape index (κ2) is 6.38. The van der Waals surface area contributed by atoms with Gasteiger partial charge in [-0.05, 0) is 13.3 Å². The zero-order valence-electron chi connectivity index (χ0n) is 11.0. The zero-order valence-corrected chi connectivity index (χ0v) is 11.8. The average molecular weight is 276 g/mol. The first-order valence-corrected chi connectivity index (χ1v) is 7.07. The molecule has 0 atom stereocenters. The molecule has 100 valence electrons. The van der Waals surface area contributed by atoms with E-state index in [1.54, 1.807) is 17.5 Å². The second-order valence-electron chi connectivity index (χ2n) is 4.14. The maximum Gasteiger partial charge on any atom is 0.271 e. The minimum absolute atomic E-state index is 0.195. The van der Waals surface area contributed by atoms with E-state index in [1.807, 2.05) is 6.92 Å². The van der Waals surface area contributed by atoms with Crippen molar-refractivity contribution in [2.24, 2.45) is 0 Å². The fraction of sp³-hybridized carbons (Fsp3) is 0.385. The monoisotopic (exact) mass is 276 g/mol. The van der Waals surface area contributed by atoms with Crippen molar-refractivity contribution in [3.63, 3.8) is 0 Å². The molecule has 0 unspecified atom stereocenters. The first-order chi connectivity index (χ1) is 9.19. The Morgan fingerprint density at radius 3 is 2.84 bits per heavy atom. The van der Waals surface area contributed by atoms with Gasteiger partial charge in [-0.2, -0.15) is 0 Å². The van der Waals surface area contributed by atoms with Crippen LogP contribution in [0.1, 0.15) is 33.8 Å². The quantitative estimate of drug-likeness (QED) is 0.904. The maximum absolute atomic E-state index is 11.8. The molecular formula is C13H16N4OS. The summed E-state index contributed by atoms with van der Waals surface area (Å²) in [5.41, 5.74) is 2.25. The van der Waals surface area contributed by atoms with Crippen molar-refractivity contribution in [3.05, 3.63) is 39.9 Å². The van der Waals surface area contributed by atoms with Crippen molar-refractivity contribution in [3.8, 4) is 0 Å². The van der Waals surface area contributed by atoms with Crippen LogP contribution in [0.5, 0.6) is 0 Å². The summed E-state index contributed by atoms with van der Waals surface area (Å²) in [5.74, 6) is -0.195. The van der Waals surface area contributed by atoms with Crippen molar-refractivity contribution in [1.29, 1.82) is 0 Å². The molecule has 0 bridgehead atoms. The number of amides is 1. The lowest BCUT2D eigenvalue weighted by Crippen LogP contribution is -2.26. The highest BCUT2D eigenvalue weighted by Gasteiger charge is 2.07. The van der Waals surface area contributed by atoms with Crippen LogP contribution in [0.3, 0.4) is 0 Å². The zero-order chi connectivity index (χ0) is 13.7. The summed E-state index contributed by atoms with van der Waals surface area (Å²) < 4.78 is 0. The molecule has 0 saturated carbocycles. The van der Waals surface area contributed by atoms with Crippen LogP contribution in [0.15, 0.2) is 17.8 Å². The summed E-state index contributed by atoms with van der Waals surface area (Å²) in [7, 11) is 0. The first-order valence-electron chi connectivity index (χ1n) is 6.19. The fourth-order valence-electron chi connectivity index (χ4n) is 1.51. The third-order valence-electron chi connectivity index (χ3n) is 2.60. The van der Waals surface area contributed by atoms with E-state index in [4.69, 9.17) is 0 Å². The van der Waals surface area contributed by atoms with Crippen LogP contribution in [0.25, 0.3) is 0 Å². The molecule has 0 spiro atoms. The van der Waals surface area contributed by atoms with E-state index in [1.165, 1.54) is 6.20 Å². The molecule has 1 amide bonds. The Morgan fingerprint density at radius 2 is 2.21 bits per heavy atom. The Bertz CT molecular complexity index is 550. The summed E-state index contributed by atoms with van der Waals surface area (Å²) in [6.45, 7) is 4.48. The predicted molar refractivity (Wildman–Crippen MR) is 74.3 cm³/mol. The van der Waals surface area contributed by atoms with Crippen LogP contribution in [0.4, 0.5) is 0 Å². The second-order valence-corrected chi connectivity index (χ2v) is 5.08. The van der Waals surface area contributed by atoms with Crippen LogP contribution in [0, 0.1) is 6.92 Å². The van der Waals surface area contributed by atoms with Gasteiger partial charge in [0, 0.05) is 24.5 Å². The molecule has 2 aromatic heterocycles. The normalized spacial score (nSPS) is 10.4. The topological polar surface area (TPSA) is 67.8 Å². The molecule has 0 aromatic carbocycles. The molecule has 0 radical (unpaired) electrons. The molecule has 2 aromatic rings. The fourth-order valence-corrected chi connectivity index (χ4v) is 2.39.